The first kappa shape index (κ1) is 24.3. The molecule has 2 amide bonds. The van der Waals surface area contributed by atoms with Crippen LogP contribution in [0.15, 0.2) is 48.9 Å². The van der Waals surface area contributed by atoms with E-state index in [-0.39, 0.29) is 46.9 Å². The van der Waals surface area contributed by atoms with Crippen molar-refractivity contribution in [3.05, 3.63) is 60.2 Å². The largest absolute Gasteiger partial charge is 0.392 e. The number of carbonyl (C=O) groups excluding carboxylic acids is 2. The molecule has 7 heteroatoms. The molecule has 34 heavy (non-hydrogen) atoms. The van der Waals surface area contributed by atoms with Crippen molar-refractivity contribution >= 4 is 11.8 Å². The van der Waals surface area contributed by atoms with Crippen LogP contribution in [0.1, 0.15) is 62.5 Å². The molecule has 0 spiro atoms. The van der Waals surface area contributed by atoms with E-state index in [1.165, 1.54) is 0 Å². The summed E-state index contributed by atoms with van der Waals surface area (Å²) in [5.41, 5.74) is 1.37. The molecule has 7 unspecified atom stereocenters. The smallest absolute Gasteiger partial charge is 0.270 e. The lowest BCUT2D eigenvalue weighted by Crippen LogP contribution is -2.58. The molecule has 3 N–H and O–H groups in total. The maximum atomic E-state index is 12.9. The van der Waals surface area contributed by atoms with E-state index in [1.807, 2.05) is 19.1 Å². The van der Waals surface area contributed by atoms with Gasteiger partial charge in [0.15, 0.2) is 0 Å². The molecule has 7 nitrogen and oxygen atoms in total. The second kappa shape index (κ2) is 10.2. The number of nitrogens with one attached hydrogen (secondary N) is 2. The van der Waals surface area contributed by atoms with Crippen molar-refractivity contribution in [2.45, 2.75) is 65.1 Å². The molecule has 2 aromatic rings. The van der Waals surface area contributed by atoms with Gasteiger partial charge in [0.25, 0.3) is 5.91 Å². The highest BCUT2D eigenvalue weighted by molar-refractivity contribution is 5.92. The maximum Gasteiger partial charge on any atom is 0.270 e. The molecule has 2 fully saturated rings. The van der Waals surface area contributed by atoms with Crippen molar-refractivity contribution < 1.29 is 14.7 Å². The van der Waals surface area contributed by atoms with Crippen molar-refractivity contribution in [1.82, 2.24) is 20.6 Å². The molecule has 7 atom stereocenters. The van der Waals surface area contributed by atoms with Crippen molar-refractivity contribution in [2.75, 3.05) is 0 Å². The van der Waals surface area contributed by atoms with E-state index in [4.69, 9.17) is 0 Å². The van der Waals surface area contributed by atoms with E-state index in [0.717, 1.165) is 31.2 Å². The van der Waals surface area contributed by atoms with Crippen LogP contribution in [0.5, 0.6) is 0 Å². The Hall–Kier alpha value is -2.80. The number of aliphatic hydroxyl groups excluding tert-OH is 1. The summed E-state index contributed by atoms with van der Waals surface area (Å²) >= 11 is 0. The Morgan fingerprint density at radius 1 is 1.18 bits per heavy atom. The SMILES string of the molecule is CC(C(=O)NCc1cccnc1)C1CCC2(C)CCC(NC(=O)c3ccccn3)C(C)C2C1O. The van der Waals surface area contributed by atoms with Crippen LogP contribution in [0.3, 0.4) is 0 Å². The zero-order valence-corrected chi connectivity index (χ0v) is 20.3. The molecule has 2 saturated carbocycles. The Morgan fingerprint density at radius 3 is 2.68 bits per heavy atom. The number of hydrogen-bond donors (Lipinski definition) is 3. The van der Waals surface area contributed by atoms with E-state index in [2.05, 4.69) is 34.4 Å². The third-order valence-corrected chi connectivity index (χ3v) is 8.35. The van der Waals surface area contributed by atoms with Gasteiger partial charge < -0.3 is 15.7 Å². The standard InChI is InChI=1S/C27H36N4O3/c1-17(25(33)30-16-19-7-6-13-28-15-19)20-9-11-27(3)12-10-21(18(2)23(27)24(20)32)31-26(34)22-8-4-5-14-29-22/h4-8,13-15,17-18,20-21,23-24,32H,9-12,16H2,1-3H3,(H,30,33)(H,31,34). The average Bonchev–Trinajstić information content (AvgIpc) is 2.85. The van der Waals surface area contributed by atoms with Crippen LogP contribution in [0, 0.1) is 29.1 Å². The molecule has 0 aromatic carbocycles. The first-order valence-electron chi connectivity index (χ1n) is 12.4. The molecule has 0 saturated heterocycles. The van der Waals surface area contributed by atoms with Gasteiger partial charge in [-0.05, 0) is 72.6 Å². The van der Waals surface area contributed by atoms with Crippen LogP contribution in [-0.4, -0.2) is 39.0 Å². The Balaban J connectivity index is 1.42. The van der Waals surface area contributed by atoms with Crippen molar-refractivity contribution in [3.8, 4) is 0 Å². The van der Waals surface area contributed by atoms with Crippen LogP contribution >= 0.6 is 0 Å². The molecule has 0 radical (unpaired) electrons. The normalized spacial score (nSPS) is 31.7. The van der Waals surface area contributed by atoms with Gasteiger partial charge in [-0.25, -0.2) is 0 Å². The number of aliphatic hydroxyl groups is 1. The third kappa shape index (κ3) is 4.99. The fourth-order valence-electron chi connectivity index (χ4n) is 6.28. The lowest BCUT2D eigenvalue weighted by molar-refractivity contribution is -0.142. The highest BCUT2D eigenvalue weighted by atomic mass is 16.3. The van der Waals surface area contributed by atoms with Gasteiger partial charge >= 0.3 is 0 Å². The van der Waals surface area contributed by atoms with Gasteiger partial charge in [0.1, 0.15) is 5.69 Å². The highest BCUT2D eigenvalue weighted by Gasteiger charge is 2.53. The molecule has 182 valence electrons. The van der Waals surface area contributed by atoms with Crippen LogP contribution in [0.4, 0.5) is 0 Å². The number of nitrogens with zero attached hydrogens (tertiary/aromatic N) is 2. The highest BCUT2D eigenvalue weighted by Crippen LogP contribution is 2.55. The summed E-state index contributed by atoms with van der Waals surface area (Å²) in [5.74, 6) is -0.518. The fourth-order valence-corrected chi connectivity index (χ4v) is 6.28. The van der Waals surface area contributed by atoms with E-state index in [0.29, 0.717) is 12.2 Å². The zero-order valence-electron chi connectivity index (χ0n) is 20.3. The number of hydrogen-bond acceptors (Lipinski definition) is 5. The molecule has 2 aliphatic rings. The van der Waals surface area contributed by atoms with Crippen molar-refractivity contribution in [3.63, 3.8) is 0 Å². The lowest BCUT2D eigenvalue weighted by atomic mass is 9.51. The monoisotopic (exact) mass is 464 g/mol. The van der Waals surface area contributed by atoms with E-state index in [9.17, 15) is 14.7 Å². The van der Waals surface area contributed by atoms with Gasteiger partial charge in [-0.15, -0.1) is 0 Å². The average molecular weight is 465 g/mol. The second-order valence-corrected chi connectivity index (χ2v) is 10.4. The Bertz CT molecular complexity index is 986. The quantitative estimate of drug-likeness (QED) is 0.608. The molecule has 0 bridgehead atoms. The second-order valence-electron chi connectivity index (χ2n) is 10.4. The molecular formula is C27H36N4O3. The van der Waals surface area contributed by atoms with Crippen LogP contribution < -0.4 is 10.6 Å². The van der Waals surface area contributed by atoms with Gasteiger partial charge in [-0.3, -0.25) is 19.6 Å². The predicted molar refractivity (Wildman–Crippen MR) is 129 cm³/mol. The summed E-state index contributed by atoms with van der Waals surface area (Å²) in [7, 11) is 0. The summed E-state index contributed by atoms with van der Waals surface area (Å²) in [6.45, 7) is 6.74. The summed E-state index contributed by atoms with van der Waals surface area (Å²) < 4.78 is 0. The van der Waals surface area contributed by atoms with Crippen molar-refractivity contribution in [2.24, 2.45) is 29.1 Å². The number of aromatic nitrogens is 2. The van der Waals surface area contributed by atoms with Crippen LogP contribution in [0.25, 0.3) is 0 Å². The minimum Gasteiger partial charge on any atom is -0.392 e. The topological polar surface area (TPSA) is 104 Å². The zero-order chi connectivity index (χ0) is 24.3. The first-order valence-corrected chi connectivity index (χ1v) is 12.4. The van der Waals surface area contributed by atoms with Gasteiger partial charge in [0.2, 0.25) is 5.91 Å². The molecule has 4 rings (SSSR count). The molecular weight excluding hydrogens is 428 g/mol. The van der Waals surface area contributed by atoms with Crippen LogP contribution in [-0.2, 0) is 11.3 Å². The minimum atomic E-state index is -0.595. The molecule has 2 aliphatic carbocycles. The van der Waals surface area contributed by atoms with E-state index in [1.54, 1.807) is 36.8 Å². The van der Waals surface area contributed by atoms with Crippen LogP contribution in [0.2, 0.25) is 0 Å². The number of carbonyl (C=O) groups is 2. The number of pyridine rings is 2. The molecule has 2 heterocycles. The summed E-state index contributed by atoms with van der Waals surface area (Å²) in [6.07, 6.45) is 8.11. The van der Waals surface area contributed by atoms with E-state index < -0.39 is 6.10 Å². The Morgan fingerprint density at radius 2 is 1.97 bits per heavy atom. The number of amides is 2. The molecule has 2 aromatic heterocycles. The summed E-state index contributed by atoms with van der Waals surface area (Å²) in [5, 5.41) is 17.7. The lowest BCUT2D eigenvalue weighted by Gasteiger charge is -2.56. The van der Waals surface area contributed by atoms with Gasteiger partial charge in [-0.1, -0.05) is 32.9 Å². The third-order valence-electron chi connectivity index (χ3n) is 8.35. The fraction of sp³-hybridized carbons (Fsp3) is 0.556. The van der Waals surface area contributed by atoms with Crippen molar-refractivity contribution in [1.29, 1.82) is 0 Å². The number of rotatable bonds is 6. The van der Waals surface area contributed by atoms with Gasteiger partial charge in [0.05, 0.1) is 6.10 Å². The Kier molecular flexibility index (Phi) is 7.31. The van der Waals surface area contributed by atoms with Gasteiger partial charge in [0, 0.05) is 37.1 Å². The maximum absolute atomic E-state index is 12.9. The Labute approximate surface area is 201 Å². The molecule has 0 aliphatic heterocycles. The predicted octanol–water partition coefficient (Wildman–Crippen LogP) is 3.35. The number of fused-ring (bicyclic) bond motifs is 1. The summed E-state index contributed by atoms with van der Waals surface area (Å²) in [4.78, 5) is 33.9. The minimum absolute atomic E-state index is 0.00740. The first-order chi connectivity index (χ1) is 16.3. The van der Waals surface area contributed by atoms with E-state index >= 15 is 0 Å². The summed E-state index contributed by atoms with van der Waals surface area (Å²) in [6, 6.07) is 9.06. The van der Waals surface area contributed by atoms with Gasteiger partial charge in [-0.2, -0.15) is 0 Å².